The highest BCUT2D eigenvalue weighted by molar-refractivity contribution is 5.71. The van der Waals surface area contributed by atoms with Crippen LogP contribution in [-0.4, -0.2) is 54.1 Å². The zero-order chi connectivity index (χ0) is 26.7. The third-order valence-electron chi connectivity index (χ3n) is 5.17. The van der Waals surface area contributed by atoms with Crippen LogP contribution in [0.15, 0.2) is 36.4 Å². The van der Waals surface area contributed by atoms with E-state index < -0.39 is 40.2 Å². The smallest absolute Gasteiger partial charge is 0.444 e. The number of ether oxygens (including phenoxy) is 2. The summed E-state index contributed by atoms with van der Waals surface area (Å²) in [7, 11) is 0. The van der Waals surface area contributed by atoms with E-state index in [-0.39, 0.29) is 44.1 Å². The molecule has 3 rings (SSSR count). The molecule has 13 heteroatoms. The summed E-state index contributed by atoms with van der Waals surface area (Å²) in [5.74, 6) is -1.18. The molecule has 1 N–H and O–H groups in total. The highest BCUT2D eigenvalue weighted by Gasteiger charge is 2.31. The quantitative estimate of drug-likeness (QED) is 0.317. The number of nitro benzene ring substituents is 1. The van der Waals surface area contributed by atoms with E-state index in [1.807, 2.05) is 0 Å². The third-order valence-corrected chi connectivity index (χ3v) is 5.17. The van der Waals surface area contributed by atoms with E-state index in [0.717, 1.165) is 18.2 Å². The van der Waals surface area contributed by atoms with Crippen molar-refractivity contribution in [3.63, 3.8) is 0 Å². The number of nitrogens with zero attached hydrogens (tertiary/aromatic N) is 3. The second-order valence-electron chi connectivity index (χ2n) is 9.08. The van der Waals surface area contributed by atoms with Crippen LogP contribution in [0.2, 0.25) is 0 Å². The maximum Gasteiger partial charge on any atom is 0.573 e. The van der Waals surface area contributed by atoms with Gasteiger partial charge in [-0.05, 0) is 44.5 Å². The van der Waals surface area contributed by atoms with Gasteiger partial charge in [0.25, 0.3) is 5.69 Å². The van der Waals surface area contributed by atoms with E-state index in [0.29, 0.717) is 5.56 Å². The molecule has 1 heterocycles. The van der Waals surface area contributed by atoms with Crippen LogP contribution in [0.1, 0.15) is 26.3 Å². The molecule has 0 bridgehead atoms. The van der Waals surface area contributed by atoms with Gasteiger partial charge in [0.2, 0.25) is 0 Å². The van der Waals surface area contributed by atoms with Crippen molar-refractivity contribution in [2.75, 3.05) is 36.4 Å². The highest BCUT2D eigenvalue weighted by atomic mass is 19.4. The average Bonchev–Trinajstić information content (AvgIpc) is 2.77. The molecule has 0 aliphatic carbocycles. The lowest BCUT2D eigenvalue weighted by molar-refractivity contribution is -0.384. The summed E-state index contributed by atoms with van der Waals surface area (Å²) < 4.78 is 61.0. The molecule has 1 aliphatic rings. The molecular weight excluding hydrogens is 488 g/mol. The molecule has 1 fully saturated rings. The number of hydrogen-bond acceptors (Lipinski definition) is 7. The predicted octanol–water partition coefficient (Wildman–Crippen LogP) is 5.30. The van der Waals surface area contributed by atoms with E-state index in [4.69, 9.17) is 4.74 Å². The lowest BCUT2D eigenvalue weighted by atomic mass is 10.1. The first-order valence-electron chi connectivity index (χ1n) is 11.0. The number of carbonyl (C=O) groups excluding carboxylic acids is 1. The molecule has 0 radical (unpaired) electrons. The van der Waals surface area contributed by atoms with Crippen LogP contribution in [0, 0.1) is 15.9 Å². The topological polar surface area (TPSA) is 97.2 Å². The molecule has 1 aliphatic heterocycles. The molecule has 0 unspecified atom stereocenters. The molecule has 9 nitrogen and oxygen atoms in total. The number of benzene rings is 2. The number of anilines is 2. The van der Waals surface area contributed by atoms with Crippen molar-refractivity contribution in [1.29, 1.82) is 0 Å². The van der Waals surface area contributed by atoms with Gasteiger partial charge in [0.05, 0.1) is 16.7 Å². The third kappa shape index (κ3) is 7.36. The number of halogens is 4. The molecule has 0 aromatic heterocycles. The van der Waals surface area contributed by atoms with Crippen LogP contribution in [0.5, 0.6) is 5.75 Å². The molecule has 0 spiro atoms. The zero-order valence-electron chi connectivity index (χ0n) is 19.9. The van der Waals surface area contributed by atoms with Crippen LogP contribution in [-0.2, 0) is 11.3 Å². The first kappa shape index (κ1) is 26.8. The Morgan fingerprint density at radius 3 is 2.22 bits per heavy atom. The number of rotatable bonds is 6. The highest BCUT2D eigenvalue weighted by Crippen LogP contribution is 2.33. The van der Waals surface area contributed by atoms with E-state index in [2.05, 4.69) is 10.1 Å². The number of nitro groups is 1. The largest absolute Gasteiger partial charge is 0.573 e. The van der Waals surface area contributed by atoms with Crippen molar-refractivity contribution in [3.05, 3.63) is 57.9 Å². The Labute approximate surface area is 204 Å². The zero-order valence-corrected chi connectivity index (χ0v) is 19.9. The van der Waals surface area contributed by atoms with Gasteiger partial charge in [0.1, 0.15) is 17.0 Å². The number of piperazine rings is 1. The van der Waals surface area contributed by atoms with Crippen LogP contribution in [0.25, 0.3) is 0 Å². The van der Waals surface area contributed by atoms with Crippen LogP contribution in [0.4, 0.5) is 39.4 Å². The maximum absolute atomic E-state index is 14.8. The summed E-state index contributed by atoms with van der Waals surface area (Å²) in [6.07, 6.45) is -5.29. The molecule has 1 saturated heterocycles. The predicted molar refractivity (Wildman–Crippen MR) is 124 cm³/mol. The Bertz CT molecular complexity index is 1100. The Kier molecular flexibility index (Phi) is 7.80. The molecule has 0 saturated carbocycles. The van der Waals surface area contributed by atoms with Crippen molar-refractivity contribution in [2.45, 2.75) is 39.3 Å². The number of nitrogens with one attached hydrogen (secondary N) is 1. The maximum atomic E-state index is 14.8. The van der Waals surface area contributed by atoms with Gasteiger partial charge in [-0.2, -0.15) is 0 Å². The second-order valence-corrected chi connectivity index (χ2v) is 9.08. The fourth-order valence-corrected chi connectivity index (χ4v) is 3.55. The van der Waals surface area contributed by atoms with Crippen molar-refractivity contribution in [1.82, 2.24) is 4.90 Å². The monoisotopic (exact) mass is 514 g/mol. The van der Waals surface area contributed by atoms with Gasteiger partial charge in [0.15, 0.2) is 5.82 Å². The number of hydrogen-bond donors (Lipinski definition) is 1. The molecule has 36 heavy (non-hydrogen) atoms. The number of amides is 1. The average molecular weight is 514 g/mol. The minimum absolute atomic E-state index is 0.0324. The SMILES string of the molecule is CC(C)(C)OC(=O)N1CCN(c2cc(NCc3ccc(OC(F)(F)F)cc3)c([N+](=O)[O-])cc2F)CC1. The molecule has 2 aromatic carbocycles. The summed E-state index contributed by atoms with van der Waals surface area (Å²) in [6, 6.07) is 7.13. The van der Waals surface area contributed by atoms with Crippen molar-refractivity contribution < 1.29 is 36.8 Å². The lowest BCUT2D eigenvalue weighted by Crippen LogP contribution is -2.50. The van der Waals surface area contributed by atoms with Gasteiger partial charge in [0, 0.05) is 32.7 Å². The summed E-state index contributed by atoms with van der Waals surface area (Å²) in [5.41, 5.74) is -0.441. The molecule has 1 amide bonds. The minimum Gasteiger partial charge on any atom is -0.444 e. The lowest BCUT2D eigenvalue weighted by Gasteiger charge is -2.37. The summed E-state index contributed by atoms with van der Waals surface area (Å²) in [4.78, 5) is 26.2. The fraction of sp³-hybridized carbons (Fsp3) is 0.435. The van der Waals surface area contributed by atoms with Gasteiger partial charge in [-0.15, -0.1) is 13.2 Å². The van der Waals surface area contributed by atoms with E-state index in [1.54, 1.807) is 25.7 Å². The van der Waals surface area contributed by atoms with Gasteiger partial charge in [-0.3, -0.25) is 10.1 Å². The summed E-state index contributed by atoms with van der Waals surface area (Å²) in [6.45, 7) is 6.43. The van der Waals surface area contributed by atoms with Crippen LogP contribution in [0.3, 0.4) is 0 Å². The molecule has 196 valence electrons. The number of carbonyl (C=O) groups is 1. The normalized spacial score (nSPS) is 14.4. The standard InChI is InChI=1S/C23H26F4N4O5/c1-22(2,3)36-21(32)30-10-8-29(9-11-30)19-13-18(20(31(33)34)12-17(19)24)28-14-15-4-6-16(7-5-15)35-23(25,26)27/h4-7,12-13,28H,8-11,14H2,1-3H3. The van der Waals surface area contributed by atoms with Crippen molar-refractivity contribution in [2.24, 2.45) is 0 Å². The van der Waals surface area contributed by atoms with Crippen LogP contribution >= 0.6 is 0 Å². The van der Waals surface area contributed by atoms with Crippen molar-refractivity contribution >= 4 is 23.2 Å². The molecular formula is C23H26F4N4O5. The molecule has 0 atom stereocenters. The summed E-state index contributed by atoms with van der Waals surface area (Å²) in [5, 5.41) is 14.3. The van der Waals surface area contributed by atoms with E-state index in [9.17, 15) is 32.5 Å². The van der Waals surface area contributed by atoms with Gasteiger partial charge >= 0.3 is 12.5 Å². The number of alkyl halides is 3. The first-order chi connectivity index (χ1) is 16.7. The Balaban J connectivity index is 1.71. The second kappa shape index (κ2) is 10.5. The Morgan fingerprint density at radius 2 is 1.69 bits per heavy atom. The van der Waals surface area contributed by atoms with Crippen molar-refractivity contribution in [3.8, 4) is 5.75 Å². The minimum atomic E-state index is -4.82. The Hall–Kier alpha value is -3.77. The van der Waals surface area contributed by atoms with Gasteiger partial charge in [-0.25, -0.2) is 9.18 Å². The molecule has 2 aromatic rings. The van der Waals surface area contributed by atoms with Gasteiger partial charge in [-0.1, -0.05) is 12.1 Å². The summed E-state index contributed by atoms with van der Waals surface area (Å²) >= 11 is 0. The van der Waals surface area contributed by atoms with Gasteiger partial charge < -0.3 is 24.6 Å². The first-order valence-corrected chi connectivity index (χ1v) is 11.0. The Morgan fingerprint density at radius 1 is 1.08 bits per heavy atom. The fourth-order valence-electron chi connectivity index (χ4n) is 3.55. The van der Waals surface area contributed by atoms with E-state index >= 15 is 0 Å². The van der Waals surface area contributed by atoms with Crippen LogP contribution < -0.4 is 15.0 Å². The van der Waals surface area contributed by atoms with E-state index in [1.165, 1.54) is 23.1 Å².